The highest BCUT2D eigenvalue weighted by Gasteiger charge is 2.16. The third-order valence-electron chi connectivity index (χ3n) is 4.02. The minimum absolute atomic E-state index is 0.179. The highest BCUT2D eigenvalue weighted by Crippen LogP contribution is 2.29. The van der Waals surface area contributed by atoms with Gasteiger partial charge >= 0.3 is 0 Å². The van der Waals surface area contributed by atoms with Crippen LogP contribution in [0, 0.1) is 0 Å². The van der Waals surface area contributed by atoms with E-state index >= 15 is 0 Å². The maximum absolute atomic E-state index is 12.5. The minimum atomic E-state index is -3.58. The number of hydrogen-bond donors (Lipinski definition) is 2. The van der Waals surface area contributed by atoms with Crippen LogP contribution in [0.4, 0.5) is 11.4 Å². The molecule has 4 aromatic rings. The number of nitrogens with zero attached hydrogens (tertiary/aromatic N) is 2. The minimum Gasteiger partial charge on any atom is -0.355 e. The van der Waals surface area contributed by atoms with Crippen molar-refractivity contribution in [3.05, 3.63) is 54.2 Å². The van der Waals surface area contributed by atoms with E-state index in [1.165, 1.54) is 0 Å². The van der Waals surface area contributed by atoms with Crippen molar-refractivity contribution < 1.29 is 8.42 Å². The summed E-state index contributed by atoms with van der Waals surface area (Å²) in [7, 11) is -3.58. The Morgan fingerprint density at radius 3 is 2.67 bits per heavy atom. The van der Waals surface area contributed by atoms with Crippen molar-refractivity contribution in [3.8, 4) is 0 Å². The number of sulfonamides is 1. The second-order valence-electron chi connectivity index (χ2n) is 6.47. The molecule has 0 aliphatic carbocycles. The summed E-state index contributed by atoms with van der Waals surface area (Å²) in [5.41, 5.74) is 5.13. The van der Waals surface area contributed by atoms with E-state index in [0.29, 0.717) is 0 Å². The number of benzene rings is 2. The Labute approximate surface area is 161 Å². The molecule has 0 saturated heterocycles. The molecule has 2 aromatic carbocycles. The SMILES string of the molecule is CC(C)NS(=O)(=O)c1ccc2nccc(Nc3ccc4scnc4c3)c2c1. The molecule has 27 heavy (non-hydrogen) atoms. The van der Waals surface area contributed by atoms with E-state index in [1.54, 1.807) is 49.6 Å². The lowest BCUT2D eigenvalue weighted by Gasteiger charge is -2.13. The number of nitrogens with one attached hydrogen (secondary N) is 2. The molecular formula is C19H18N4O2S2. The van der Waals surface area contributed by atoms with Gasteiger partial charge in [0, 0.05) is 29.0 Å². The van der Waals surface area contributed by atoms with Crippen LogP contribution in [0.5, 0.6) is 0 Å². The predicted octanol–water partition coefficient (Wildman–Crippen LogP) is 4.27. The van der Waals surface area contributed by atoms with E-state index in [1.807, 2.05) is 29.8 Å². The molecule has 0 amide bonds. The number of rotatable bonds is 5. The van der Waals surface area contributed by atoms with Crippen molar-refractivity contribution in [1.29, 1.82) is 0 Å². The quantitative estimate of drug-likeness (QED) is 0.524. The van der Waals surface area contributed by atoms with Crippen LogP contribution in [0.25, 0.3) is 21.1 Å². The van der Waals surface area contributed by atoms with Gasteiger partial charge in [-0.2, -0.15) is 0 Å². The maximum atomic E-state index is 12.5. The van der Waals surface area contributed by atoms with Crippen molar-refractivity contribution in [2.45, 2.75) is 24.8 Å². The number of pyridine rings is 1. The molecule has 4 rings (SSSR count). The van der Waals surface area contributed by atoms with Gasteiger partial charge in [-0.3, -0.25) is 4.98 Å². The number of anilines is 2. The van der Waals surface area contributed by atoms with Gasteiger partial charge in [-0.25, -0.2) is 18.1 Å². The number of aromatic nitrogens is 2. The summed E-state index contributed by atoms with van der Waals surface area (Å²) in [6.45, 7) is 3.59. The fraction of sp³-hybridized carbons (Fsp3) is 0.158. The van der Waals surface area contributed by atoms with Crippen molar-refractivity contribution in [2.24, 2.45) is 0 Å². The zero-order chi connectivity index (χ0) is 19.0. The van der Waals surface area contributed by atoms with E-state index in [4.69, 9.17) is 0 Å². The molecule has 0 atom stereocenters. The highest BCUT2D eigenvalue weighted by atomic mass is 32.2. The molecule has 0 aliphatic rings. The van der Waals surface area contributed by atoms with Crippen molar-refractivity contribution >= 4 is 53.9 Å². The Balaban J connectivity index is 1.77. The molecular weight excluding hydrogens is 380 g/mol. The summed E-state index contributed by atoms with van der Waals surface area (Å²) in [4.78, 5) is 8.90. The fourth-order valence-electron chi connectivity index (χ4n) is 2.87. The molecule has 2 N–H and O–H groups in total. The predicted molar refractivity (Wildman–Crippen MR) is 110 cm³/mol. The van der Waals surface area contributed by atoms with Gasteiger partial charge in [0.15, 0.2) is 0 Å². The Hall–Kier alpha value is -2.55. The Kier molecular flexibility index (Phi) is 4.55. The first-order valence-corrected chi connectivity index (χ1v) is 10.8. The largest absolute Gasteiger partial charge is 0.355 e. The lowest BCUT2D eigenvalue weighted by Crippen LogP contribution is -2.30. The Morgan fingerprint density at radius 1 is 1.00 bits per heavy atom. The highest BCUT2D eigenvalue weighted by molar-refractivity contribution is 7.89. The van der Waals surface area contributed by atoms with Gasteiger partial charge in [-0.05, 0) is 56.3 Å². The molecule has 0 bridgehead atoms. The molecule has 0 spiro atoms. The lowest BCUT2D eigenvalue weighted by molar-refractivity contribution is 0.570. The molecule has 0 unspecified atom stereocenters. The zero-order valence-corrected chi connectivity index (χ0v) is 16.4. The summed E-state index contributed by atoms with van der Waals surface area (Å²) < 4.78 is 28.8. The first kappa shape index (κ1) is 17.8. The third kappa shape index (κ3) is 3.64. The van der Waals surface area contributed by atoms with Gasteiger partial charge < -0.3 is 5.32 Å². The van der Waals surface area contributed by atoms with Gasteiger partial charge in [0.05, 0.1) is 26.1 Å². The van der Waals surface area contributed by atoms with Crippen LogP contribution in [0.3, 0.4) is 0 Å². The summed E-state index contributed by atoms with van der Waals surface area (Å²) in [6, 6.07) is 12.6. The van der Waals surface area contributed by atoms with Gasteiger partial charge in [-0.1, -0.05) is 0 Å². The van der Waals surface area contributed by atoms with Gasteiger partial charge in [0.2, 0.25) is 10.0 Å². The number of thiazole rings is 1. The van der Waals surface area contributed by atoms with Crippen molar-refractivity contribution in [1.82, 2.24) is 14.7 Å². The van der Waals surface area contributed by atoms with E-state index < -0.39 is 10.0 Å². The second kappa shape index (κ2) is 6.88. The Morgan fingerprint density at radius 2 is 1.85 bits per heavy atom. The molecule has 0 fully saturated rings. The van der Waals surface area contributed by atoms with Crippen molar-refractivity contribution in [2.75, 3.05) is 5.32 Å². The summed E-state index contributed by atoms with van der Waals surface area (Å²) >= 11 is 1.59. The Bertz CT molecular complexity index is 1230. The first-order valence-electron chi connectivity index (χ1n) is 8.44. The van der Waals surface area contributed by atoms with Crippen LogP contribution in [-0.2, 0) is 10.0 Å². The van der Waals surface area contributed by atoms with Crippen molar-refractivity contribution in [3.63, 3.8) is 0 Å². The second-order valence-corrected chi connectivity index (χ2v) is 9.07. The van der Waals surface area contributed by atoms with Crippen LogP contribution >= 0.6 is 11.3 Å². The third-order valence-corrected chi connectivity index (χ3v) is 6.49. The average molecular weight is 399 g/mol. The molecule has 8 heteroatoms. The van der Waals surface area contributed by atoms with E-state index in [2.05, 4.69) is 20.0 Å². The molecule has 0 aliphatic heterocycles. The monoisotopic (exact) mass is 398 g/mol. The molecule has 2 heterocycles. The van der Waals surface area contributed by atoms with Crippen LogP contribution < -0.4 is 10.0 Å². The van der Waals surface area contributed by atoms with Crippen LogP contribution in [0.1, 0.15) is 13.8 Å². The number of fused-ring (bicyclic) bond motifs is 2. The average Bonchev–Trinajstić information content (AvgIpc) is 3.08. The standard InChI is InChI=1S/C19H18N4O2S2/c1-12(2)23-27(24,25)14-4-5-16-15(10-14)17(7-8-20-16)22-13-3-6-19-18(9-13)21-11-26-19/h3-12,23H,1-2H3,(H,20,22). The van der Waals surface area contributed by atoms with Gasteiger partial charge in [0.25, 0.3) is 0 Å². The summed E-state index contributed by atoms with van der Waals surface area (Å²) in [5.74, 6) is 0. The van der Waals surface area contributed by atoms with Gasteiger partial charge in [0.1, 0.15) is 0 Å². The van der Waals surface area contributed by atoms with E-state index in [-0.39, 0.29) is 10.9 Å². The van der Waals surface area contributed by atoms with Gasteiger partial charge in [-0.15, -0.1) is 11.3 Å². The fourth-order valence-corrected chi connectivity index (χ4v) is 4.81. The van der Waals surface area contributed by atoms with Crippen LogP contribution in [-0.4, -0.2) is 24.4 Å². The maximum Gasteiger partial charge on any atom is 0.240 e. The van der Waals surface area contributed by atoms with E-state index in [9.17, 15) is 8.42 Å². The zero-order valence-electron chi connectivity index (χ0n) is 14.8. The van der Waals surface area contributed by atoms with Crippen LogP contribution in [0.15, 0.2) is 59.1 Å². The molecule has 0 saturated carbocycles. The molecule has 6 nitrogen and oxygen atoms in total. The topological polar surface area (TPSA) is 84.0 Å². The normalized spacial score (nSPS) is 12.1. The first-order chi connectivity index (χ1) is 12.9. The van der Waals surface area contributed by atoms with Crippen LogP contribution in [0.2, 0.25) is 0 Å². The molecule has 2 aromatic heterocycles. The summed E-state index contributed by atoms with van der Waals surface area (Å²) in [6.07, 6.45) is 1.70. The molecule has 138 valence electrons. The lowest BCUT2D eigenvalue weighted by atomic mass is 10.2. The molecule has 0 radical (unpaired) electrons. The summed E-state index contributed by atoms with van der Waals surface area (Å²) in [5, 5.41) is 4.10. The smallest absolute Gasteiger partial charge is 0.240 e. The number of hydrogen-bond acceptors (Lipinski definition) is 6. The van der Waals surface area contributed by atoms with E-state index in [0.717, 1.165) is 32.5 Å².